The molecule has 3 unspecified atom stereocenters. The molecule has 0 radical (unpaired) electrons. The van der Waals surface area contributed by atoms with Crippen LogP contribution in [-0.2, 0) is 4.74 Å². The molecule has 0 spiro atoms. The van der Waals surface area contributed by atoms with Crippen LogP contribution in [0.2, 0.25) is 0 Å². The number of hydrogen-bond acceptors (Lipinski definition) is 3. The Morgan fingerprint density at radius 3 is 2.94 bits per heavy atom. The van der Waals surface area contributed by atoms with Gasteiger partial charge in [0, 0.05) is 25.7 Å². The lowest BCUT2D eigenvalue weighted by Crippen LogP contribution is -2.48. The van der Waals surface area contributed by atoms with Crippen LogP contribution < -0.4 is 0 Å². The molecule has 3 atom stereocenters. The number of hydrogen-bond donors (Lipinski definition) is 1. The van der Waals surface area contributed by atoms with Gasteiger partial charge in [-0.3, -0.25) is 4.90 Å². The minimum absolute atomic E-state index is 0.110. The maximum atomic E-state index is 10.1. The highest BCUT2D eigenvalue weighted by atomic mass is 16.5. The van der Waals surface area contributed by atoms with E-state index in [0.717, 1.165) is 45.1 Å². The highest BCUT2D eigenvalue weighted by Gasteiger charge is 2.32. The standard InChI is InChI=1S/C13H25NO2/c1-2-11-4-5-13(15)12(10-11)14-6-3-8-16-9-7-14/h11-13,15H,2-10H2,1H3. The predicted octanol–water partition coefficient (Wildman–Crippen LogP) is 1.65. The first-order chi connectivity index (χ1) is 7.81. The molecule has 16 heavy (non-hydrogen) atoms. The van der Waals surface area contributed by atoms with Gasteiger partial charge < -0.3 is 9.84 Å². The number of rotatable bonds is 2. The van der Waals surface area contributed by atoms with E-state index in [0.29, 0.717) is 6.04 Å². The summed E-state index contributed by atoms with van der Waals surface area (Å²) in [5.41, 5.74) is 0. The third-order valence-electron chi connectivity index (χ3n) is 4.19. The lowest BCUT2D eigenvalue weighted by atomic mass is 9.81. The second-order valence-electron chi connectivity index (χ2n) is 5.22. The molecular formula is C13H25NO2. The summed E-state index contributed by atoms with van der Waals surface area (Å²) in [5.74, 6) is 0.817. The van der Waals surface area contributed by atoms with Crippen LogP contribution in [0, 0.1) is 5.92 Å². The number of aliphatic hydroxyl groups excluding tert-OH is 1. The molecule has 0 amide bonds. The van der Waals surface area contributed by atoms with Gasteiger partial charge in [0.05, 0.1) is 12.7 Å². The fourth-order valence-electron chi connectivity index (χ4n) is 3.08. The Hall–Kier alpha value is -0.120. The van der Waals surface area contributed by atoms with E-state index in [1.807, 2.05) is 0 Å². The van der Waals surface area contributed by atoms with E-state index in [4.69, 9.17) is 4.74 Å². The molecule has 0 bridgehead atoms. The summed E-state index contributed by atoms with van der Waals surface area (Å²) >= 11 is 0. The third kappa shape index (κ3) is 2.96. The van der Waals surface area contributed by atoms with Gasteiger partial charge in [-0.2, -0.15) is 0 Å². The van der Waals surface area contributed by atoms with Crippen LogP contribution in [0.25, 0.3) is 0 Å². The predicted molar refractivity (Wildman–Crippen MR) is 64.4 cm³/mol. The van der Waals surface area contributed by atoms with Gasteiger partial charge in [-0.25, -0.2) is 0 Å². The number of aliphatic hydroxyl groups is 1. The molecule has 1 aliphatic carbocycles. The van der Waals surface area contributed by atoms with Crippen molar-refractivity contribution < 1.29 is 9.84 Å². The first-order valence-electron chi connectivity index (χ1n) is 6.81. The zero-order chi connectivity index (χ0) is 11.4. The number of ether oxygens (including phenoxy) is 1. The quantitative estimate of drug-likeness (QED) is 0.778. The number of nitrogens with zero attached hydrogens (tertiary/aromatic N) is 1. The van der Waals surface area contributed by atoms with Gasteiger partial charge in [0.1, 0.15) is 0 Å². The fraction of sp³-hybridized carbons (Fsp3) is 1.00. The van der Waals surface area contributed by atoms with E-state index in [1.165, 1.54) is 19.3 Å². The molecule has 1 heterocycles. The average Bonchev–Trinajstić information content (AvgIpc) is 2.58. The van der Waals surface area contributed by atoms with Crippen molar-refractivity contribution in [1.82, 2.24) is 4.90 Å². The molecular weight excluding hydrogens is 202 g/mol. The average molecular weight is 227 g/mol. The normalized spacial score (nSPS) is 38.2. The SMILES string of the molecule is CCC1CCC(O)C(N2CCCOCC2)C1. The summed E-state index contributed by atoms with van der Waals surface area (Å²) in [7, 11) is 0. The van der Waals surface area contributed by atoms with Gasteiger partial charge in [-0.05, 0) is 31.6 Å². The Balaban J connectivity index is 1.93. The van der Waals surface area contributed by atoms with Crippen LogP contribution in [0.4, 0.5) is 0 Å². The summed E-state index contributed by atoms with van der Waals surface area (Å²) in [4.78, 5) is 2.46. The van der Waals surface area contributed by atoms with E-state index in [-0.39, 0.29) is 6.10 Å². The van der Waals surface area contributed by atoms with Crippen molar-refractivity contribution in [2.24, 2.45) is 5.92 Å². The van der Waals surface area contributed by atoms with E-state index in [9.17, 15) is 5.11 Å². The Kier molecular flexibility index (Phi) is 4.62. The molecule has 1 saturated heterocycles. The summed E-state index contributed by atoms with van der Waals surface area (Å²) in [6.07, 6.45) is 5.63. The monoisotopic (exact) mass is 227 g/mol. The van der Waals surface area contributed by atoms with Crippen molar-refractivity contribution >= 4 is 0 Å². The van der Waals surface area contributed by atoms with Crippen LogP contribution in [0.15, 0.2) is 0 Å². The first-order valence-corrected chi connectivity index (χ1v) is 6.81. The molecule has 3 nitrogen and oxygen atoms in total. The molecule has 2 fully saturated rings. The van der Waals surface area contributed by atoms with Gasteiger partial charge >= 0.3 is 0 Å². The summed E-state index contributed by atoms with van der Waals surface area (Å²) in [6.45, 7) is 6.08. The smallest absolute Gasteiger partial charge is 0.0695 e. The summed E-state index contributed by atoms with van der Waals surface area (Å²) in [5, 5.41) is 10.1. The fourth-order valence-corrected chi connectivity index (χ4v) is 3.08. The molecule has 2 aliphatic rings. The second kappa shape index (κ2) is 5.99. The maximum absolute atomic E-state index is 10.1. The van der Waals surface area contributed by atoms with Crippen LogP contribution in [0.3, 0.4) is 0 Å². The van der Waals surface area contributed by atoms with Gasteiger partial charge in [0.2, 0.25) is 0 Å². The summed E-state index contributed by atoms with van der Waals surface area (Å²) in [6, 6.07) is 0.389. The van der Waals surface area contributed by atoms with Crippen LogP contribution in [0.5, 0.6) is 0 Å². The van der Waals surface area contributed by atoms with Gasteiger partial charge in [0.25, 0.3) is 0 Å². The topological polar surface area (TPSA) is 32.7 Å². The van der Waals surface area contributed by atoms with Crippen LogP contribution in [0.1, 0.15) is 39.0 Å². The molecule has 3 heteroatoms. The van der Waals surface area contributed by atoms with E-state index in [1.54, 1.807) is 0 Å². The van der Waals surface area contributed by atoms with Crippen LogP contribution >= 0.6 is 0 Å². The lowest BCUT2D eigenvalue weighted by Gasteiger charge is -2.40. The van der Waals surface area contributed by atoms with Gasteiger partial charge in [-0.1, -0.05) is 13.3 Å². The highest BCUT2D eigenvalue weighted by Crippen LogP contribution is 2.30. The Bertz CT molecular complexity index is 202. The van der Waals surface area contributed by atoms with E-state index in [2.05, 4.69) is 11.8 Å². The zero-order valence-electron chi connectivity index (χ0n) is 10.4. The molecule has 0 aromatic heterocycles. The molecule has 1 N–H and O–H groups in total. The molecule has 1 saturated carbocycles. The minimum Gasteiger partial charge on any atom is -0.391 e. The lowest BCUT2D eigenvalue weighted by molar-refractivity contribution is 0.00162. The van der Waals surface area contributed by atoms with Crippen molar-refractivity contribution in [2.45, 2.75) is 51.2 Å². The highest BCUT2D eigenvalue weighted by molar-refractivity contribution is 4.87. The van der Waals surface area contributed by atoms with Crippen LogP contribution in [-0.4, -0.2) is 48.5 Å². The Labute approximate surface area is 98.8 Å². The van der Waals surface area contributed by atoms with Crippen molar-refractivity contribution in [1.29, 1.82) is 0 Å². The Morgan fingerprint density at radius 1 is 1.25 bits per heavy atom. The molecule has 0 aromatic rings. The van der Waals surface area contributed by atoms with Gasteiger partial charge in [-0.15, -0.1) is 0 Å². The van der Waals surface area contributed by atoms with Crippen molar-refractivity contribution in [3.63, 3.8) is 0 Å². The van der Waals surface area contributed by atoms with Gasteiger partial charge in [0.15, 0.2) is 0 Å². The third-order valence-corrected chi connectivity index (χ3v) is 4.19. The maximum Gasteiger partial charge on any atom is 0.0695 e. The minimum atomic E-state index is -0.110. The van der Waals surface area contributed by atoms with Crippen molar-refractivity contribution in [3.8, 4) is 0 Å². The molecule has 1 aliphatic heterocycles. The molecule has 0 aromatic carbocycles. The molecule has 2 rings (SSSR count). The molecule has 94 valence electrons. The van der Waals surface area contributed by atoms with E-state index < -0.39 is 0 Å². The summed E-state index contributed by atoms with van der Waals surface area (Å²) < 4.78 is 5.48. The zero-order valence-corrected chi connectivity index (χ0v) is 10.4. The Morgan fingerprint density at radius 2 is 2.12 bits per heavy atom. The first kappa shape index (κ1) is 12.3. The largest absolute Gasteiger partial charge is 0.391 e. The van der Waals surface area contributed by atoms with E-state index >= 15 is 0 Å². The van der Waals surface area contributed by atoms with Crippen molar-refractivity contribution in [2.75, 3.05) is 26.3 Å². The second-order valence-corrected chi connectivity index (χ2v) is 5.22. The van der Waals surface area contributed by atoms with Crippen molar-refractivity contribution in [3.05, 3.63) is 0 Å².